The van der Waals surface area contributed by atoms with E-state index in [1.165, 1.54) is 11.3 Å². The highest BCUT2D eigenvalue weighted by molar-refractivity contribution is 7.09. The number of aromatic nitrogens is 3. The summed E-state index contributed by atoms with van der Waals surface area (Å²) >= 11 is 7.73. The summed E-state index contributed by atoms with van der Waals surface area (Å²) < 4.78 is 0. The lowest BCUT2D eigenvalue weighted by atomic mass is 9.98. The average Bonchev–Trinajstić information content (AvgIpc) is 2.88. The molecule has 2 aromatic heterocycles. The lowest BCUT2D eigenvalue weighted by Crippen LogP contribution is -2.12. The quantitative estimate of drug-likeness (QED) is 0.823. The summed E-state index contributed by atoms with van der Waals surface area (Å²) in [6.07, 6.45) is 2.30. The fraction of sp³-hybridized carbons (Fsp3) is 0.500. The molecule has 0 spiro atoms. The molecule has 2 N–H and O–H groups in total. The van der Waals surface area contributed by atoms with E-state index in [4.69, 9.17) is 11.6 Å². The van der Waals surface area contributed by atoms with Crippen LogP contribution in [0.2, 0.25) is 5.15 Å². The van der Waals surface area contributed by atoms with Crippen LogP contribution in [-0.4, -0.2) is 28.5 Å². The minimum atomic E-state index is 0.107. The van der Waals surface area contributed by atoms with Gasteiger partial charge in [-0.1, -0.05) is 32.4 Å². The molecule has 2 aromatic rings. The zero-order valence-electron chi connectivity index (χ0n) is 12.7. The number of hydrogen-bond acceptors (Lipinski definition) is 6. The fourth-order valence-electron chi connectivity index (χ4n) is 1.79. The summed E-state index contributed by atoms with van der Waals surface area (Å²) in [5, 5.41) is 9.97. The van der Waals surface area contributed by atoms with Crippen LogP contribution >= 0.6 is 22.9 Å². The standard InChI is InChI=1S/C14H20ClN5S/c1-14(2,3)13-20-9(7-21-13)5-6-17-12-10(16-4)11(15)18-8-19-12/h7-8,16H,5-6H2,1-4H3,(H,17,18,19). The van der Waals surface area contributed by atoms with Crippen LogP contribution in [0.25, 0.3) is 0 Å². The first kappa shape index (κ1) is 16.0. The van der Waals surface area contributed by atoms with Gasteiger partial charge >= 0.3 is 0 Å². The number of rotatable bonds is 5. The number of halogens is 1. The maximum absolute atomic E-state index is 6.01. The number of nitrogens with zero attached hydrogens (tertiary/aromatic N) is 3. The Balaban J connectivity index is 1.96. The molecule has 0 fully saturated rings. The van der Waals surface area contributed by atoms with Crippen molar-refractivity contribution >= 4 is 34.4 Å². The van der Waals surface area contributed by atoms with Gasteiger partial charge in [-0.2, -0.15) is 0 Å². The van der Waals surface area contributed by atoms with Gasteiger partial charge in [0, 0.05) is 30.8 Å². The van der Waals surface area contributed by atoms with Gasteiger partial charge in [-0.15, -0.1) is 11.3 Å². The summed E-state index contributed by atoms with van der Waals surface area (Å²) in [6.45, 7) is 7.27. The lowest BCUT2D eigenvalue weighted by Gasteiger charge is -2.13. The van der Waals surface area contributed by atoms with E-state index in [0.717, 1.165) is 18.7 Å². The van der Waals surface area contributed by atoms with E-state index in [0.29, 0.717) is 16.7 Å². The molecule has 2 rings (SSSR count). The van der Waals surface area contributed by atoms with Gasteiger partial charge in [0.15, 0.2) is 11.0 Å². The molecule has 114 valence electrons. The van der Waals surface area contributed by atoms with E-state index >= 15 is 0 Å². The van der Waals surface area contributed by atoms with Crippen molar-refractivity contribution in [3.8, 4) is 0 Å². The van der Waals surface area contributed by atoms with E-state index in [-0.39, 0.29) is 5.41 Å². The predicted octanol–water partition coefficient (Wildman–Crippen LogP) is 3.58. The maximum atomic E-state index is 6.01. The highest BCUT2D eigenvalue weighted by atomic mass is 35.5. The summed E-state index contributed by atoms with van der Waals surface area (Å²) in [6, 6.07) is 0. The molecule has 0 aliphatic heterocycles. The Morgan fingerprint density at radius 3 is 2.67 bits per heavy atom. The van der Waals surface area contributed by atoms with E-state index in [2.05, 4.69) is 51.7 Å². The van der Waals surface area contributed by atoms with Gasteiger partial charge in [-0.05, 0) is 0 Å². The SMILES string of the molecule is CNc1c(Cl)ncnc1NCCc1csc(C(C)(C)C)n1. The van der Waals surface area contributed by atoms with Gasteiger partial charge in [-0.3, -0.25) is 0 Å². The Kier molecular flexibility index (Phi) is 5.00. The summed E-state index contributed by atoms with van der Waals surface area (Å²) in [5.41, 5.74) is 1.92. The maximum Gasteiger partial charge on any atom is 0.157 e. The molecule has 0 aromatic carbocycles. The first-order valence-corrected chi connectivity index (χ1v) is 8.04. The van der Waals surface area contributed by atoms with Crippen LogP contribution in [0, 0.1) is 0 Å². The second-order valence-corrected chi connectivity index (χ2v) is 6.92. The third kappa shape index (κ3) is 4.04. The Hall–Kier alpha value is -1.40. The predicted molar refractivity (Wildman–Crippen MR) is 89.6 cm³/mol. The molecule has 7 heteroatoms. The number of thiazole rings is 1. The van der Waals surface area contributed by atoms with Gasteiger partial charge in [0.2, 0.25) is 0 Å². The van der Waals surface area contributed by atoms with Gasteiger partial charge < -0.3 is 10.6 Å². The van der Waals surface area contributed by atoms with Crippen LogP contribution < -0.4 is 10.6 Å². The third-order valence-corrected chi connectivity index (χ3v) is 4.52. The molecule has 2 heterocycles. The molecule has 5 nitrogen and oxygen atoms in total. The molecule has 0 saturated heterocycles. The first-order chi connectivity index (χ1) is 9.91. The largest absolute Gasteiger partial charge is 0.383 e. The summed E-state index contributed by atoms with van der Waals surface area (Å²) in [5.74, 6) is 0.712. The Labute approximate surface area is 134 Å². The molecule has 0 aliphatic carbocycles. The van der Waals surface area contributed by atoms with Gasteiger partial charge in [-0.25, -0.2) is 15.0 Å². The van der Waals surface area contributed by atoms with Crippen molar-refractivity contribution in [3.63, 3.8) is 0 Å². The highest BCUT2D eigenvalue weighted by Crippen LogP contribution is 2.27. The van der Waals surface area contributed by atoms with Crippen molar-refractivity contribution < 1.29 is 0 Å². The van der Waals surface area contributed by atoms with E-state index < -0.39 is 0 Å². The van der Waals surface area contributed by atoms with Gasteiger partial charge in [0.25, 0.3) is 0 Å². The molecule has 0 aliphatic rings. The molecule has 0 atom stereocenters. The van der Waals surface area contributed by atoms with Crippen LogP contribution in [0.5, 0.6) is 0 Å². The minimum absolute atomic E-state index is 0.107. The Morgan fingerprint density at radius 1 is 1.29 bits per heavy atom. The van der Waals surface area contributed by atoms with E-state index in [1.54, 1.807) is 18.4 Å². The fourth-order valence-corrected chi connectivity index (χ4v) is 2.96. The summed E-state index contributed by atoms with van der Waals surface area (Å²) in [4.78, 5) is 12.8. The Bertz CT molecular complexity index is 606. The van der Waals surface area contributed by atoms with Crippen molar-refractivity contribution in [2.24, 2.45) is 0 Å². The normalized spacial score (nSPS) is 11.5. The second-order valence-electron chi connectivity index (χ2n) is 5.71. The van der Waals surface area contributed by atoms with Crippen molar-refractivity contribution in [2.45, 2.75) is 32.6 Å². The number of hydrogen-bond donors (Lipinski definition) is 2. The molecule has 0 radical (unpaired) electrons. The number of anilines is 2. The zero-order chi connectivity index (χ0) is 15.5. The lowest BCUT2D eigenvalue weighted by molar-refractivity contribution is 0.583. The second kappa shape index (κ2) is 6.58. The molecule has 0 saturated carbocycles. The molecular formula is C14H20ClN5S. The van der Waals surface area contributed by atoms with Crippen LogP contribution in [0.15, 0.2) is 11.7 Å². The molecule has 0 bridgehead atoms. The number of nitrogens with one attached hydrogen (secondary N) is 2. The van der Waals surface area contributed by atoms with Gasteiger partial charge in [0.05, 0.1) is 10.7 Å². The van der Waals surface area contributed by atoms with Crippen molar-refractivity contribution in [1.82, 2.24) is 15.0 Å². The Morgan fingerprint density at radius 2 is 2.05 bits per heavy atom. The molecular weight excluding hydrogens is 306 g/mol. The smallest absolute Gasteiger partial charge is 0.157 e. The van der Waals surface area contributed by atoms with Gasteiger partial charge in [0.1, 0.15) is 12.0 Å². The van der Waals surface area contributed by atoms with Crippen LogP contribution in [-0.2, 0) is 11.8 Å². The van der Waals surface area contributed by atoms with E-state index in [9.17, 15) is 0 Å². The monoisotopic (exact) mass is 325 g/mol. The zero-order valence-corrected chi connectivity index (χ0v) is 14.3. The van der Waals surface area contributed by atoms with Crippen molar-refractivity contribution in [1.29, 1.82) is 0 Å². The topological polar surface area (TPSA) is 62.7 Å². The van der Waals surface area contributed by atoms with E-state index in [1.807, 2.05) is 0 Å². The first-order valence-electron chi connectivity index (χ1n) is 6.79. The minimum Gasteiger partial charge on any atom is -0.383 e. The third-order valence-electron chi connectivity index (χ3n) is 2.92. The highest BCUT2D eigenvalue weighted by Gasteiger charge is 2.17. The molecule has 0 amide bonds. The van der Waals surface area contributed by atoms with Crippen LogP contribution in [0.3, 0.4) is 0 Å². The molecule has 0 unspecified atom stereocenters. The van der Waals surface area contributed by atoms with Crippen LogP contribution in [0.4, 0.5) is 11.5 Å². The van der Waals surface area contributed by atoms with Crippen molar-refractivity contribution in [3.05, 3.63) is 27.6 Å². The average molecular weight is 326 g/mol. The van der Waals surface area contributed by atoms with Crippen LogP contribution in [0.1, 0.15) is 31.5 Å². The van der Waals surface area contributed by atoms with Crippen molar-refractivity contribution in [2.75, 3.05) is 24.2 Å². The molecule has 21 heavy (non-hydrogen) atoms. The summed E-state index contributed by atoms with van der Waals surface area (Å²) in [7, 11) is 1.80.